The van der Waals surface area contributed by atoms with Crippen molar-refractivity contribution in [2.24, 2.45) is 0 Å². The van der Waals surface area contributed by atoms with Gasteiger partial charge in [0.2, 0.25) is 0 Å². The molecule has 3 rings (SSSR count). The Balaban J connectivity index is 2.22. The fourth-order valence-corrected chi connectivity index (χ4v) is 2.86. The second-order valence-electron chi connectivity index (χ2n) is 4.19. The third-order valence-electron chi connectivity index (χ3n) is 2.88. The van der Waals surface area contributed by atoms with E-state index in [-0.39, 0.29) is 0 Å². The highest BCUT2D eigenvalue weighted by atomic mass is 79.9. The van der Waals surface area contributed by atoms with E-state index in [4.69, 9.17) is 34.8 Å². The second-order valence-corrected chi connectivity index (χ2v) is 6.24. The molecule has 0 bridgehead atoms. The number of hydrogen-bond donors (Lipinski definition) is 0. The second kappa shape index (κ2) is 5.97. The average Bonchev–Trinajstić information content (AvgIpc) is 2.93. The van der Waals surface area contributed by atoms with Gasteiger partial charge in [-0.3, -0.25) is 4.57 Å². The van der Waals surface area contributed by atoms with Gasteiger partial charge in [0.25, 0.3) is 0 Å². The van der Waals surface area contributed by atoms with Gasteiger partial charge in [0.1, 0.15) is 11.0 Å². The lowest BCUT2D eigenvalue weighted by molar-refractivity contribution is 1.06. The number of benzene rings is 1. The third-order valence-corrected chi connectivity index (χ3v) is 4.42. The Morgan fingerprint density at radius 2 is 1.90 bits per heavy atom. The molecule has 1 aromatic carbocycles. The van der Waals surface area contributed by atoms with E-state index in [2.05, 4.69) is 25.9 Å². The van der Waals surface area contributed by atoms with Gasteiger partial charge in [0.15, 0.2) is 0 Å². The molecule has 0 aliphatic carbocycles. The molecule has 2 heterocycles. The van der Waals surface area contributed by atoms with E-state index in [0.717, 1.165) is 10.2 Å². The third kappa shape index (κ3) is 2.81. The van der Waals surface area contributed by atoms with E-state index < -0.39 is 0 Å². The van der Waals surface area contributed by atoms with Crippen LogP contribution < -0.4 is 0 Å². The minimum atomic E-state index is 0.365. The molecule has 0 N–H and O–H groups in total. The molecule has 106 valence electrons. The number of halogens is 4. The first-order valence-electron chi connectivity index (χ1n) is 5.87. The van der Waals surface area contributed by atoms with E-state index in [1.54, 1.807) is 24.7 Å². The monoisotopic (exact) mass is 401 g/mol. The summed E-state index contributed by atoms with van der Waals surface area (Å²) in [6, 6.07) is 7.27. The maximum Gasteiger partial charge on any atom is 0.147 e. The van der Waals surface area contributed by atoms with Crippen molar-refractivity contribution in [2.75, 3.05) is 0 Å². The van der Waals surface area contributed by atoms with E-state index in [1.807, 2.05) is 22.8 Å². The van der Waals surface area contributed by atoms with Crippen molar-refractivity contribution in [3.05, 3.63) is 62.5 Å². The van der Waals surface area contributed by atoms with Crippen molar-refractivity contribution in [3.8, 4) is 17.1 Å². The van der Waals surface area contributed by atoms with Gasteiger partial charge in [0, 0.05) is 23.1 Å². The van der Waals surface area contributed by atoms with Gasteiger partial charge in [-0.15, -0.1) is 0 Å². The summed E-state index contributed by atoms with van der Waals surface area (Å²) in [7, 11) is 0. The van der Waals surface area contributed by atoms with Gasteiger partial charge < -0.3 is 0 Å². The lowest BCUT2D eigenvalue weighted by Crippen LogP contribution is -1.98. The highest BCUT2D eigenvalue weighted by Crippen LogP contribution is 2.33. The zero-order valence-electron chi connectivity index (χ0n) is 10.4. The minimum Gasteiger partial charge on any atom is -0.298 e. The molecule has 0 spiro atoms. The first-order chi connectivity index (χ1) is 10.1. The molecule has 3 aromatic rings. The fourth-order valence-electron chi connectivity index (χ4n) is 1.95. The van der Waals surface area contributed by atoms with Crippen molar-refractivity contribution in [3.63, 3.8) is 0 Å². The van der Waals surface area contributed by atoms with Crippen LogP contribution in [0.15, 0.2) is 47.3 Å². The van der Waals surface area contributed by atoms with Crippen LogP contribution in [0.1, 0.15) is 0 Å². The topological polar surface area (TPSA) is 30.7 Å². The molecule has 0 saturated heterocycles. The largest absolute Gasteiger partial charge is 0.298 e. The number of imidazole rings is 1. The molecule has 0 unspecified atom stereocenters. The minimum absolute atomic E-state index is 0.365. The van der Waals surface area contributed by atoms with Crippen molar-refractivity contribution < 1.29 is 0 Å². The maximum absolute atomic E-state index is 6.28. The van der Waals surface area contributed by atoms with Crippen LogP contribution in [-0.2, 0) is 0 Å². The molecule has 0 saturated carbocycles. The summed E-state index contributed by atoms with van der Waals surface area (Å²) in [5.41, 5.74) is 1.43. The SMILES string of the molecule is Clc1cccc(-n2ccnc2-c2cc(Br)cnc2Cl)c1Cl. The van der Waals surface area contributed by atoms with Crippen molar-refractivity contribution in [1.29, 1.82) is 0 Å². The molecule has 7 heteroatoms. The van der Waals surface area contributed by atoms with Crippen molar-refractivity contribution in [2.45, 2.75) is 0 Å². The summed E-state index contributed by atoms with van der Waals surface area (Å²) >= 11 is 21.9. The van der Waals surface area contributed by atoms with Crippen LogP contribution in [0, 0.1) is 0 Å². The highest BCUT2D eigenvalue weighted by molar-refractivity contribution is 9.10. The van der Waals surface area contributed by atoms with Crippen LogP contribution in [0.2, 0.25) is 15.2 Å². The molecule has 0 aliphatic rings. The quantitative estimate of drug-likeness (QED) is 0.517. The van der Waals surface area contributed by atoms with Gasteiger partial charge in [-0.05, 0) is 34.1 Å². The molecule has 3 nitrogen and oxygen atoms in total. The van der Waals surface area contributed by atoms with Gasteiger partial charge in [-0.1, -0.05) is 40.9 Å². The van der Waals surface area contributed by atoms with Crippen LogP contribution in [0.5, 0.6) is 0 Å². The van der Waals surface area contributed by atoms with Crippen LogP contribution >= 0.6 is 50.7 Å². The molecule has 0 amide bonds. The lowest BCUT2D eigenvalue weighted by Gasteiger charge is -2.11. The summed E-state index contributed by atoms with van der Waals surface area (Å²) in [4.78, 5) is 8.47. The standard InChI is InChI=1S/C14H7BrCl3N3/c15-8-6-9(13(18)20-7-8)14-19-4-5-21(14)11-3-1-2-10(16)12(11)17/h1-7H. The van der Waals surface area contributed by atoms with Gasteiger partial charge in [-0.25, -0.2) is 9.97 Å². The Labute approximate surface area is 144 Å². The molecule has 0 atom stereocenters. The fraction of sp³-hybridized carbons (Fsp3) is 0. The molecule has 0 aliphatic heterocycles. The first kappa shape index (κ1) is 14.9. The molecular formula is C14H7BrCl3N3. The van der Waals surface area contributed by atoms with Gasteiger partial charge >= 0.3 is 0 Å². The van der Waals surface area contributed by atoms with E-state index >= 15 is 0 Å². The van der Waals surface area contributed by atoms with E-state index in [0.29, 0.717) is 26.6 Å². The van der Waals surface area contributed by atoms with E-state index in [9.17, 15) is 0 Å². The summed E-state index contributed by atoms with van der Waals surface area (Å²) in [5.74, 6) is 0.637. The van der Waals surface area contributed by atoms with Crippen LogP contribution in [0.25, 0.3) is 17.1 Å². The Kier molecular flexibility index (Phi) is 4.22. The predicted octanol–water partition coefficient (Wildman–Crippen LogP) is 5.66. The number of hydrogen-bond acceptors (Lipinski definition) is 2. The van der Waals surface area contributed by atoms with Crippen LogP contribution in [0.4, 0.5) is 0 Å². The maximum atomic E-state index is 6.28. The van der Waals surface area contributed by atoms with Crippen LogP contribution in [-0.4, -0.2) is 14.5 Å². The van der Waals surface area contributed by atoms with Gasteiger partial charge in [0.05, 0.1) is 21.3 Å². The molecule has 0 fully saturated rings. The number of rotatable bonds is 2. The molecular weight excluding hydrogens is 396 g/mol. The zero-order valence-corrected chi connectivity index (χ0v) is 14.2. The Hall–Kier alpha value is -1.07. The zero-order chi connectivity index (χ0) is 15.0. The number of aromatic nitrogens is 3. The van der Waals surface area contributed by atoms with Gasteiger partial charge in [-0.2, -0.15) is 0 Å². The summed E-state index contributed by atoms with van der Waals surface area (Å²) in [5, 5.41) is 1.30. The van der Waals surface area contributed by atoms with E-state index in [1.165, 1.54) is 0 Å². The molecule has 21 heavy (non-hydrogen) atoms. The highest BCUT2D eigenvalue weighted by Gasteiger charge is 2.15. The first-order valence-corrected chi connectivity index (χ1v) is 7.80. The number of nitrogens with zero attached hydrogens (tertiary/aromatic N) is 3. The molecule has 2 aromatic heterocycles. The predicted molar refractivity (Wildman–Crippen MR) is 89.5 cm³/mol. The molecule has 0 radical (unpaired) electrons. The Morgan fingerprint density at radius 3 is 2.71 bits per heavy atom. The summed E-state index contributed by atoms with van der Waals surface area (Å²) in [6.45, 7) is 0. The lowest BCUT2D eigenvalue weighted by atomic mass is 10.2. The number of pyridine rings is 1. The average molecular weight is 403 g/mol. The van der Waals surface area contributed by atoms with Crippen molar-refractivity contribution in [1.82, 2.24) is 14.5 Å². The normalized spacial score (nSPS) is 10.9. The smallest absolute Gasteiger partial charge is 0.147 e. The summed E-state index contributed by atoms with van der Waals surface area (Å²) < 4.78 is 2.64. The van der Waals surface area contributed by atoms with Crippen molar-refractivity contribution >= 4 is 50.7 Å². The Morgan fingerprint density at radius 1 is 1.10 bits per heavy atom. The Bertz CT molecular complexity index is 800. The van der Waals surface area contributed by atoms with Crippen LogP contribution in [0.3, 0.4) is 0 Å². The summed E-state index contributed by atoms with van der Waals surface area (Å²) in [6.07, 6.45) is 5.10.